The Labute approximate surface area is 178 Å². The van der Waals surface area contributed by atoms with E-state index in [-0.39, 0.29) is 18.0 Å². The zero-order chi connectivity index (χ0) is 21.5. The Morgan fingerprint density at radius 2 is 2.03 bits per heavy atom. The standard InChI is InChI=1S/C20H15F2N7OS/c1-11-18-17(12-5-6-31-9-12)20(30-8-16-23-10-24-28(16)2)27-29(18)19(26-25-11)14-4-3-13(21)7-15(14)22/h3-7,9-10H,8H2,1-2H3. The molecule has 0 aliphatic carbocycles. The molecule has 0 unspecified atom stereocenters. The number of nitrogens with zero attached hydrogens (tertiary/aromatic N) is 7. The summed E-state index contributed by atoms with van der Waals surface area (Å²) < 4.78 is 37.1. The second-order valence-corrected chi connectivity index (χ2v) is 7.55. The van der Waals surface area contributed by atoms with Crippen LogP contribution in [0.5, 0.6) is 5.88 Å². The molecule has 0 aliphatic rings. The molecule has 0 saturated carbocycles. The first-order chi connectivity index (χ1) is 15.0. The largest absolute Gasteiger partial charge is 0.468 e. The van der Waals surface area contributed by atoms with Gasteiger partial charge in [-0.25, -0.2) is 18.3 Å². The first-order valence-corrected chi connectivity index (χ1v) is 10.2. The van der Waals surface area contributed by atoms with E-state index in [0.29, 0.717) is 28.5 Å². The Morgan fingerprint density at radius 1 is 1.16 bits per heavy atom. The molecule has 0 saturated heterocycles. The van der Waals surface area contributed by atoms with E-state index < -0.39 is 11.6 Å². The van der Waals surface area contributed by atoms with Crippen LogP contribution < -0.4 is 4.74 Å². The number of aromatic nitrogens is 7. The van der Waals surface area contributed by atoms with E-state index in [1.54, 1.807) is 18.7 Å². The molecule has 0 fully saturated rings. The number of ether oxygens (including phenoxy) is 1. The summed E-state index contributed by atoms with van der Waals surface area (Å²) in [4.78, 5) is 4.16. The fourth-order valence-corrected chi connectivity index (χ4v) is 3.93. The third-order valence-electron chi connectivity index (χ3n) is 4.82. The highest BCUT2D eigenvalue weighted by Crippen LogP contribution is 2.38. The second-order valence-electron chi connectivity index (χ2n) is 6.77. The number of aryl methyl sites for hydroxylation is 2. The first kappa shape index (κ1) is 19.2. The number of fused-ring (bicyclic) bond motifs is 1. The lowest BCUT2D eigenvalue weighted by atomic mass is 10.1. The molecule has 31 heavy (non-hydrogen) atoms. The molecular formula is C20H15F2N7OS. The fraction of sp³-hybridized carbons (Fsp3) is 0.150. The molecular weight excluding hydrogens is 424 g/mol. The van der Waals surface area contributed by atoms with Crippen molar-refractivity contribution in [2.24, 2.45) is 7.05 Å². The second kappa shape index (κ2) is 7.51. The highest BCUT2D eigenvalue weighted by molar-refractivity contribution is 7.08. The summed E-state index contributed by atoms with van der Waals surface area (Å²) in [5.41, 5.74) is 2.89. The topological polar surface area (TPSA) is 83.0 Å². The van der Waals surface area contributed by atoms with Crippen LogP contribution in [0.15, 0.2) is 41.4 Å². The van der Waals surface area contributed by atoms with Crippen LogP contribution in [0.25, 0.3) is 28.0 Å². The summed E-state index contributed by atoms with van der Waals surface area (Å²) >= 11 is 1.53. The van der Waals surface area contributed by atoms with Crippen molar-refractivity contribution in [1.29, 1.82) is 0 Å². The molecule has 0 amide bonds. The average molecular weight is 439 g/mol. The lowest BCUT2D eigenvalue weighted by Crippen LogP contribution is -2.06. The van der Waals surface area contributed by atoms with E-state index in [0.717, 1.165) is 11.6 Å². The molecule has 4 aromatic heterocycles. The van der Waals surface area contributed by atoms with Gasteiger partial charge in [0, 0.05) is 18.7 Å². The van der Waals surface area contributed by atoms with Gasteiger partial charge in [-0.05, 0) is 35.9 Å². The van der Waals surface area contributed by atoms with Gasteiger partial charge in [-0.2, -0.15) is 21.5 Å². The van der Waals surface area contributed by atoms with Crippen molar-refractivity contribution < 1.29 is 13.5 Å². The lowest BCUT2D eigenvalue weighted by Gasteiger charge is -2.07. The molecule has 0 atom stereocenters. The van der Waals surface area contributed by atoms with E-state index in [2.05, 4.69) is 25.4 Å². The van der Waals surface area contributed by atoms with Gasteiger partial charge in [0.1, 0.15) is 30.1 Å². The van der Waals surface area contributed by atoms with E-state index in [4.69, 9.17) is 4.74 Å². The zero-order valence-electron chi connectivity index (χ0n) is 16.5. The summed E-state index contributed by atoms with van der Waals surface area (Å²) in [7, 11) is 1.77. The minimum Gasteiger partial charge on any atom is -0.468 e. The van der Waals surface area contributed by atoms with Crippen molar-refractivity contribution in [2.45, 2.75) is 13.5 Å². The Bertz CT molecular complexity index is 1390. The normalized spacial score (nSPS) is 11.4. The predicted octanol–water partition coefficient (Wildman–Crippen LogP) is 3.81. The van der Waals surface area contributed by atoms with Crippen molar-refractivity contribution in [3.8, 4) is 28.4 Å². The van der Waals surface area contributed by atoms with E-state index >= 15 is 0 Å². The van der Waals surface area contributed by atoms with Crippen molar-refractivity contribution in [3.05, 3.63) is 64.5 Å². The maximum atomic E-state index is 14.5. The van der Waals surface area contributed by atoms with E-state index in [1.165, 1.54) is 34.3 Å². The van der Waals surface area contributed by atoms with Gasteiger partial charge < -0.3 is 4.74 Å². The van der Waals surface area contributed by atoms with Gasteiger partial charge in [-0.15, -0.1) is 10.2 Å². The average Bonchev–Trinajstić information content (AvgIpc) is 3.47. The summed E-state index contributed by atoms with van der Waals surface area (Å²) in [6, 6.07) is 5.22. The third kappa shape index (κ3) is 3.32. The molecule has 0 aliphatic heterocycles. The predicted molar refractivity (Wildman–Crippen MR) is 110 cm³/mol. The van der Waals surface area contributed by atoms with E-state index in [1.807, 2.05) is 16.8 Å². The van der Waals surface area contributed by atoms with Gasteiger partial charge in [-0.3, -0.25) is 4.68 Å². The van der Waals surface area contributed by atoms with Crippen LogP contribution in [0, 0.1) is 18.6 Å². The van der Waals surface area contributed by atoms with Crippen LogP contribution in [-0.2, 0) is 13.7 Å². The molecule has 0 N–H and O–H groups in total. The van der Waals surface area contributed by atoms with Gasteiger partial charge in [0.25, 0.3) is 0 Å². The van der Waals surface area contributed by atoms with Gasteiger partial charge in [-0.1, -0.05) is 0 Å². The monoisotopic (exact) mass is 439 g/mol. The van der Waals surface area contributed by atoms with Gasteiger partial charge in [0.15, 0.2) is 11.6 Å². The Hall–Kier alpha value is -3.73. The van der Waals surface area contributed by atoms with E-state index in [9.17, 15) is 8.78 Å². The molecule has 11 heteroatoms. The lowest BCUT2D eigenvalue weighted by molar-refractivity contribution is 0.278. The van der Waals surface area contributed by atoms with Crippen LogP contribution in [0.3, 0.4) is 0 Å². The Morgan fingerprint density at radius 3 is 2.74 bits per heavy atom. The van der Waals surface area contributed by atoms with Crippen LogP contribution in [0.2, 0.25) is 0 Å². The summed E-state index contributed by atoms with van der Waals surface area (Å²) in [6.07, 6.45) is 1.44. The summed E-state index contributed by atoms with van der Waals surface area (Å²) in [5.74, 6) is -0.351. The highest BCUT2D eigenvalue weighted by Gasteiger charge is 2.24. The maximum Gasteiger partial charge on any atom is 0.242 e. The number of hydrogen-bond acceptors (Lipinski definition) is 7. The molecule has 8 nitrogen and oxygen atoms in total. The molecule has 0 spiro atoms. The number of hydrogen-bond donors (Lipinski definition) is 0. The van der Waals surface area contributed by atoms with Crippen LogP contribution in [0.4, 0.5) is 8.78 Å². The highest BCUT2D eigenvalue weighted by atomic mass is 32.1. The maximum absolute atomic E-state index is 14.5. The molecule has 5 rings (SSSR count). The molecule has 156 valence electrons. The zero-order valence-corrected chi connectivity index (χ0v) is 17.3. The fourth-order valence-electron chi connectivity index (χ4n) is 3.29. The van der Waals surface area contributed by atoms with Crippen molar-refractivity contribution in [2.75, 3.05) is 0 Å². The Balaban J connectivity index is 1.72. The minimum atomic E-state index is -0.756. The third-order valence-corrected chi connectivity index (χ3v) is 5.50. The van der Waals surface area contributed by atoms with Crippen molar-refractivity contribution in [1.82, 2.24) is 34.6 Å². The summed E-state index contributed by atoms with van der Waals surface area (Å²) in [5, 5.41) is 20.9. The smallest absolute Gasteiger partial charge is 0.242 e. The van der Waals surface area contributed by atoms with Crippen molar-refractivity contribution in [3.63, 3.8) is 0 Å². The molecule has 5 aromatic rings. The Kier molecular flexibility index (Phi) is 4.66. The molecule has 1 aromatic carbocycles. The van der Waals surface area contributed by atoms with Crippen LogP contribution >= 0.6 is 11.3 Å². The molecule has 0 bridgehead atoms. The number of rotatable bonds is 5. The first-order valence-electron chi connectivity index (χ1n) is 9.22. The van der Waals surface area contributed by atoms with Crippen molar-refractivity contribution >= 4 is 16.9 Å². The van der Waals surface area contributed by atoms with Gasteiger partial charge >= 0.3 is 0 Å². The number of benzene rings is 1. The minimum absolute atomic E-state index is 0.0816. The molecule has 0 radical (unpaired) electrons. The van der Waals surface area contributed by atoms with Gasteiger partial charge in [0.05, 0.1) is 16.8 Å². The quantitative estimate of drug-likeness (QED) is 0.414. The van der Waals surface area contributed by atoms with Gasteiger partial charge in [0.2, 0.25) is 5.88 Å². The number of halogens is 2. The number of thiophene rings is 1. The van der Waals surface area contributed by atoms with Crippen LogP contribution in [-0.4, -0.2) is 34.6 Å². The molecule has 4 heterocycles. The summed E-state index contributed by atoms with van der Waals surface area (Å²) in [6.45, 7) is 1.93. The SMILES string of the molecule is Cc1nnc(-c2ccc(F)cc2F)n2nc(OCc3ncnn3C)c(-c3ccsc3)c12. The van der Waals surface area contributed by atoms with Crippen LogP contribution in [0.1, 0.15) is 11.5 Å².